The minimum absolute atomic E-state index is 0.163. The van der Waals surface area contributed by atoms with Crippen LogP contribution < -0.4 is 0 Å². The van der Waals surface area contributed by atoms with Crippen molar-refractivity contribution in [2.45, 2.75) is 46.0 Å². The van der Waals surface area contributed by atoms with E-state index in [1.54, 1.807) is 12.1 Å². The number of halogens is 2. The third-order valence-electron chi connectivity index (χ3n) is 7.67. The van der Waals surface area contributed by atoms with E-state index in [4.69, 9.17) is 0 Å². The van der Waals surface area contributed by atoms with Crippen LogP contribution >= 0.6 is 0 Å². The molecule has 1 saturated heterocycles. The molecule has 1 aliphatic carbocycles. The number of alkyl halides is 1. The van der Waals surface area contributed by atoms with E-state index in [-0.39, 0.29) is 12.5 Å². The van der Waals surface area contributed by atoms with Crippen molar-refractivity contribution in [3.05, 3.63) is 105 Å². The van der Waals surface area contributed by atoms with Crippen LogP contribution in [0.1, 0.15) is 58.2 Å². The molecular formula is C32H35F2N. The van der Waals surface area contributed by atoms with Crippen molar-refractivity contribution in [3.63, 3.8) is 0 Å². The highest BCUT2D eigenvalue weighted by Gasteiger charge is 2.26. The van der Waals surface area contributed by atoms with Crippen molar-refractivity contribution in [1.82, 2.24) is 4.90 Å². The molecule has 5 rings (SSSR count). The monoisotopic (exact) mass is 471 g/mol. The van der Waals surface area contributed by atoms with Gasteiger partial charge < -0.3 is 4.90 Å². The van der Waals surface area contributed by atoms with Crippen molar-refractivity contribution in [1.29, 1.82) is 0 Å². The second kappa shape index (κ2) is 10.5. The van der Waals surface area contributed by atoms with Gasteiger partial charge >= 0.3 is 0 Å². The highest BCUT2D eigenvalue weighted by atomic mass is 19.1. The molecule has 0 N–H and O–H groups in total. The van der Waals surface area contributed by atoms with E-state index < -0.39 is 0 Å². The van der Waals surface area contributed by atoms with E-state index in [1.807, 2.05) is 13.8 Å². The molecule has 0 radical (unpaired) electrons. The Hall–Kier alpha value is -2.78. The molecular weight excluding hydrogens is 436 g/mol. The molecule has 35 heavy (non-hydrogen) atoms. The van der Waals surface area contributed by atoms with Crippen molar-refractivity contribution in [2.75, 3.05) is 26.3 Å². The number of hydrogen-bond donors (Lipinski definition) is 0. The normalized spacial score (nSPS) is 16.7. The Labute approximate surface area is 208 Å². The molecule has 0 saturated carbocycles. The van der Waals surface area contributed by atoms with Gasteiger partial charge in [-0.3, -0.25) is 4.39 Å². The Balaban J connectivity index is 1.50. The largest absolute Gasteiger partial charge is 0.303 e. The molecule has 2 aliphatic rings. The summed E-state index contributed by atoms with van der Waals surface area (Å²) in [4.78, 5) is 2.35. The van der Waals surface area contributed by atoms with Crippen LogP contribution in [0.25, 0.3) is 11.1 Å². The number of nitrogens with zero attached hydrogens (tertiary/aromatic N) is 1. The summed E-state index contributed by atoms with van der Waals surface area (Å²) in [6.45, 7) is 6.88. The van der Waals surface area contributed by atoms with Gasteiger partial charge in [0.1, 0.15) is 5.82 Å². The molecule has 0 unspecified atom stereocenters. The van der Waals surface area contributed by atoms with Gasteiger partial charge in [0.05, 0.1) is 6.67 Å². The summed E-state index contributed by atoms with van der Waals surface area (Å²) in [5, 5.41) is 0. The van der Waals surface area contributed by atoms with Crippen LogP contribution in [0.5, 0.6) is 0 Å². The smallest absolute Gasteiger partial charge is 0.123 e. The molecule has 3 aromatic carbocycles. The fraction of sp³-hybridized carbons (Fsp3) is 0.375. The minimum Gasteiger partial charge on any atom is -0.303 e. The molecule has 1 heterocycles. The lowest BCUT2D eigenvalue weighted by Gasteiger charge is -2.39. The first-order valence-electron chi connectivity index (χ1n) is 13.0. The zero-order valence-electron chi connectivity index (χ0n) is 20.9. The maximum Gasteiger partial charge on any atom is 0.123 e. The van der Waals surface area contributed by atoms with Crippen molar-refractivity contribution in [3.8, 4) is 0 Å². The summed E-state index contributed by atoms with van der Waals surface area (Å²) in [7, 11) is 0. The molecule has 3 heteroatoms. The van der Waals surface area contributed by atoms with E-state index >= 15 is 0 Å². The first kappa shape index (κ1) is 23.9. The van der Waals surface area contributed by atoms with Gasteiger partial charge in [-0.25, -0.2) is 4.39 Å². The Morgan fingerprint density at radius 3 is 2.34 bits per heavy atom. The summed E-state index contributed by atoms with van der Waals surface area (Å²) in [5.41, 5.74) is 11.1. The number of hydrogen-bond acceptors (Lipinski definition) is 1. The SMILES string of the molecule is Cc1cc(F)cc(C)c1C1=C(c2ccc(CC3CN(CCCF)C3)cc2)c2ccccc2CCC1. The average Bonchev–Trinajstić information content (AvgIpc) is 3.00. The number of aryl methyl sites for hydroxylation is 3. The third kappa shape index (κ3) is 5.11. The fourth-order valence-electron chi connectivity index (χ4n) is 6.10. The van der Waals surface area contributed by atoms with Gasteiger partial charge in [-0.1, -0.05) is 48.5 Å². The summed E-state index contributed by atoms with van der Waals surface area (Å²) < 4.78 is 26.6. The first-order valence-corrected chi connectivity index (χ1v) is 13.0. The summed E-state index contributed by atoms with van der Waals surface area (Å²) in [6.07, 6.45) is 4.85. The molecule has 182 valence electrons. The average molecular weight is 472 g/mol. The van der Waals surface area contributed by atoms with Crippen LogP contribution in [0, 0.1) is 25.6 Å². The Morgan fingerprint density at radius 2 is 1.63 bits per heavy atom. The highest BCUT2D eigenvalue weighted by molar-refractivity contribution is 6.00. The second-order valence-electron chi connectivity index (χ2n) is 10.3. The summed E-state index contributed by atoms with van der Waals surface area (Å²) >= 11 is 0. The number of fused-ring (bicyclic) bond motifs is 1. The second-order valence-corrected chi connectivity index (χ2v) is 10.3. The molecule has 0 aromatic heterocycles. The standard InChI is InChI=1S/C32H35F2N/c1-22-17-28(34)18-23(2)31(22)30-10-5-8-26-7-3-4-9-29(26)32(30)27-13-11-24(12-14-27)19-25-20-35(21-25)16-6-15-33/h3-4,7,9,11-14,17-18,25H,5-6,8,10,15-16,19-21H2,1-2H3. The van der Waals surface area contributed by atoms with Crippen molar-refractivity contribution >= 4 is 11.1 Å². The van der Waals surface area contributed by atoms with Crippen molar-refractivity contribution < 1.29 is 8.78 Å². The Kier molecular flexibility index (Phi) is 7.15. The van der Waals surface area contributed by atoms with Crippen LogP contribution in [-0.2, 0) is 12.8 Å². The van der Waals surface area contributed by atoms with Crippen molar-refractivity contribution in [2.24, 2.45) is 5.92 Å². The van der Waals surface area contributed by atoms with Crippen LogP contribution in [0.3, 0.4) is 0 Å². The lowest BCUT2D eigenvalue weighted by Crippen LogP contribution is -2.47. The van der Waals surface area contributed by atoms with Gasteiger partial charge in [0.25, 0.3) is 0 Å². The molecule has 0 amide bonds. The van der Waals surface area contributed by atoms with Crippen LogP contribution in [0.2, 0.25) is 0 Å². The number of allylic oxidation sites excluding steroid dienone is 1. The van der Waals surface area contributed by atoms with E-state index in [2.05, 4.69) is 53.4 Å². The zero-order chi connectivity index (χ0) is 24.4. The van der Waals surface area contributed by atoms with E-state index in [9.17, 15) is 8.78 Å². The Bertz CT molecular complexity index is 1200. The predicted octanol–water partition coefficient (Wildman–Crippen LogP) is 7.57. The van der Waals surface area contributed by atoms with Gasteiger partial charge in [-0.05, 0) is 114 Å². The molecule has 3 aromatic rings. The van der Waals surface area contributed by atoms with Crippen LogP contribution in [0.4, 0.5) is 8.78 Å². The predicted molar refractivity (Wildman–Crippen MR) is 142 cm³/mol. The first-order chi connectivity index (χ1) is 17.0. The van der Waals surface area contributed by atoms with Crippen LogP contribution in [-0.4, -0.2) is 31.2 Å². The maximum atomic E-state index is 14.1. The maximum absolute atomic E-state index is 14.1. The molecule has 0 bridgehead atoms. The quantitative estimate of drug-likeness (QED) is 0.343. The Morgan fingerprint density at radius 1 is 0.914 bits per heavy atom. The molecule has 0 spiro atoms. The number of rotatable bonds is 7. The minimum atomic E-state index is -0.222. The molecule has 1 aliphatic heterocycles. The van der Waals surface area contributed by atoms with Gasteiger partial charge in [-0.15, -0.1) is 0 Å². The number of benzene rings is 3. The molecule has 1 nitrogen and oxygen atoms in total. The van der Waals surface area contributed by atoms with E-state index in [1.165, 1.54) is 39.0 Å². The van der Waals surface area contributed by atoms with E-state index in [0.717, 1.165) is 56.4 Å². The lowest BCUT2D eigenvalue weighted by atomic mass is 9.84. The van der Waals surface area contributed by atoms with E-state index in [0.29, 0.717) is 12.3 Å². The third-order valence-corrected chi connectivity index (χ3v) is 7.67. The summed E-state index contributed by atoms with van der Waals surface area (Å²) in [6, 6.07) is 21.2. The van der Waals surface area contributed by atoms with Crippen LogP contribution in [0.15, 0.2) is 60.7 Å². The fourth-order valence-corrected chi connectivity index (χ4v) is 6.10. The van der Waals surface area contributed by atoms with Gasteiger partial charge in [0, 0.05) is 19.6 Å². The van der Waals surface area contributed by atoms with Gasteiger partial charge in [-0.2, -0.15) is 0 Å². The zero-order valence-corrected chi connectivity index (χ0v) is 20.9. The highest BCUT2D eigenvalue weighted by Crippen LogP contribution is 2.42. The molecule has 0 atom stereocenters. The number of likely N-dealkylation sites (tertiary alicyclic amines) is 1. The van der Waals surface area contributed by atoms with Gasteiger partial charge in [0.15, 0.2) is 0 Å². The topological polar surface area (TPSA) is 3.24 Å². The molecule has 1 fully saturated rings. The van der Waals surface area contributed by atoms with Gasteiger partial charge in [0.2, 0.25) is 0 Å². The lowest BCUT2D eigenvalue weighted by molar-refractivity contribution is 0.0968. The summed E-state index contributed by atoms with van der Waals surface area (Å²) in [5.74, 6) is 0.502.